The van der Waals surface area contributed by atoms with Crippen molar-refractivity contribution in [2.24, 2.45) is 5.16 Å². The molecule has 2 aromatic carbocycles. The van der Waals surface area contributed by atoms with Gasteiger partial charge in [0.2, 0.25) is 0 Å². The van der Waals surface area contributed by atoms with Crippen molar-refractivity contribution in [1.82, 2.24) is 5.32 Å². The minimum atomic E-state index is -0.577. The zero-order chi connectivity index (χ0) is 16.2. The Labute approximate surface area is 137 Å². The third-order valence-corrected chi connectivity index (χ3v) is 3.86. The van der Waals surface area contributed by atoms with Gasteiger partial charge in [0.1, 0.15) is 17.7 Å². The molecule has 3 rings (SSSR count). The van der Waals surface area contributed by atoms with Gasteiger partial charge in [-0.3, -0.25) is 0 Å². The van der Waals surface area contributed by atoms with Gasteiger partial charge in [-0.1, -0.05) is 35.0 Å². The molecule has 2 aromatic rings. The zero-order valence-corrected chi connectivity index (χ0v) is 13.0. The summed E-state index contributed by atoms with van der Waals surface area (Å²) in [5, 5.41) is 7.86. The molecule has 120 valence electrons. The first-order valence-electron chi connectivity index (χ1n) is 7.25. The van der Waals surface area contributed by atoms with E-state index < -0.39 is 11.6 Å². The van der Waals surface area contributed by atoms with Gasteiger partial charge in [0.25, 0.3) is 0 Å². The van der Waals surface area contributed by atoms with Gasteiger partial charge >= 0.3 is 0 Å². The zero-order valence-electron chi connectivity index (χ0n) is 12.2. The molecule has 0 saturated heterocycles. The Morgan fingerprint density at radius 2 is 1.96 bits per heavy atom. The van der Waals surface area contributed by atoms with Gasteiger partial charge in [-0.25, -0.2) is 8.78 Å². The van der Waals surface area contributed by atoms with Crippen molar-refractivity contribution < 1.29 is 13.6 Å². The Morgan fingerprint density at radius 3 is 2.70 bits per heavy atom. The smallest absolute Gasteiger partial charge is 0.145 e. The van der Waals surface area contributed by atoms with E-state index in [1.54, 1.807) is 0 Å². The minimum absolute atomic E-state index is 0.107. The Hall–Kier alpha value is -1.98. The van der Waals surface area contributed by atoms with Crippen molar-refractivity contribution in [1.29, 1.82) is 0 Å². The van der Waals surface area contributed by atoms with E-state index >= 15 is 0 Å². The second-order valence-electron chi connectivity index (χ2n) is 5.34. The number of nitrogens with one attached hydrogen (secondary N) is 1. The number of rotatable bonds is 5. The summed E-state index contributed by atoms with van der Waals surface area (Å²) in [5.74, 6) is -1.13. The fraction of sp³-hybridized carbons (Fsp3) is 0.235. The number of halogens is 3. The second kappa shape index (κ2) is 7.06. The molecule has 0 aliphatic carbocycles. The molecular formula is C17H15ClF2N2O. The molecule has 1 heterocycles. The van der Waals surface area contributed by atoms with Crippen molar-refractivity contribution in [3.63, 3.8) is 0 Å². The van der Waals surface area contributed by atoms with Crippen LogP contribution in [0.15, 0.2) is 47.6 Å². The summed E-state index contributed by atoms with van der Waals surface area (Å²) < 4.78 is 26.4. The number of hydrogen-bond acceptors (Lipinski definition) is 3. The maximum absolute atomic E-state index is 13.5. The highest BCUT2D eigenvalue weighted by atomic mass is 35.5. The number of benzene rings is 2. The maximum atomic E-state index is 13.5. The molecule has 0 amide bonds. The normalized spacial score (nSPS) is 17.0. The molecule has 1 N–H and O–H groups in total. The van der Waals surface area contributed by atoms with Crippen LogP contribution in [-0.2, 0) is 11.4 Å². The lowest BCUT2D eigenvalue weighted by atomic mass is 10.1. The van der Waals surface area contributed by atoms with Gasteiger partial charge in [0, 0.05) is 36.2 Å². The fourth-order valence-electron chi connectivity index (χ4n) is 2.38. The van der Waals surface area contributed by atoms with Crippen LogP contribution in [0.4, 0.5) is 8.78 Å². The second-order valence-corrected chi connectivity index (χ2v) is 5.78. The van der Waals surface area contributed by atoms with Gasteiger partial charge in [0.15, 0.2) is 0 Å². The first kappa shape index (κ1) is 15.9. The molecule has 0 aromatic heterocycles. The van der Waals surface area contributed by atoms with E-state index in [1.807, 2.05) is 24.3 Å². The third-order valence-electron chi connectivity index (χ3n) is 3.61. The molecular weight excluding hydrogens is 322 g/mol. The minimum Gasteiger partial charge on any atom is -0.390 e. The maximum Gasteiger partial charge on any atom is 0.145 e. The molecule has 0 radical (unpaired) electrons. The Kier molecular flexibility index (Phi) is 4.88. The highest BCUT2D eigenvalue weighted by Gasteiger charge is 2.21. The Balaban J connectivity index is 1.49. The van der Waals surface area contributed by atoms with Crippen LogP contribution in [0.2, 0.25) is 5.02 Å². The lowest BCUT2D eigenvalue weighted by molar-refractivity contribution is 0.0848. The van der Waals surface area contributed by atoms with E-state index in [1.165, 1.54) is 12.1 Å². The molecule has 3 nitrogen and oxygen atoms in total. The average Bonchev–Trinajstić information content (AvgIpc) is 2.99. The van der Waals surface area contributed by atoms with Crippen molar-refractivity contribution in [2.45, 2.75) is 19.1 Å². The molecule has 1 atom stereocenters. The van der Waals surface area contributed by atoms with Crippen LogP contribution in [-0.4, -0.2) is 18.4 Å². The van der Waals surface area contributed by atoms with Crippen LogP contribution < -0.4 is 5.32 Å². The standard InChI is InChI=1S/C17H15ClF2N2O/c18-13-4-1-11(2-5-13)17-8-15(23-22-17)10-21-9-12-3-6-14(19)7-16(12)20/h1-7,15,21H,8-10H2. The molecule has 0 bridgehead atoms. The van der Waals surface area contributed by atoms with Crippen LogP contribution >= 0.6 is 11.6 Å². The summed E-state index contributed by atoms with van der Waals surface area (Å²) >= 11 is 5.86. The molecule has 23 heavy (non-hydrogen) atoms. The van der Waals surface area contributed by atoms with E-state index in [9.17, 15) is 8.78 Å². The Morgan fingerprint density at radius 1 is 1.17 bits per heavy atom. The topological polar surface area (TPSA) is 33.6 Å². The van der Waals surface area contributed by atoms with Crippen LogP contribution in [0, 0.1) is 11.6 Å². The number of oxime groups is 1. The summed E-state index contributed by atoms with van der Waals surface area (Å²) in [7, 11) is 0. The highest BCUT2D eigenvalue weighted by molar-refractivity contribution is 6.30. The van der Waals surface area contributed by atoms with Crippen LogP contribution in [0.5, 0.6) is 0 Å². The van der Waals surface area contributed by atoms with Gasteiger partial charge in [0.05, 0.1) is 5.71 Å². The molecule has 0 spiro atoms. The van der Waals surface area contributed by atoms with E-state index in [-0.39, 0.29) is 6.10 Å². The van der Waals surface area contributed by atoms with Crippen LogP contribution in [0.1, 0.15) is 17.5 Å². The third kappa shape index (κ3) is 4.06. The summed E-state index contributed by atoms with van der Waals surface area (Å²) in [4.78, 5) is 5.38. The molecule has 0 saturated carbocycles. The summed E-state index contributed by atoms with van der Waals surface area (Å²) in [6, 6.07) is 11.0. The van der Waals surface area contributed by atoms with Gasteiger partial charge in [-0.2, -0.15) is 0 Å². The summed E-state index contributed by atoms with van der Waals surface area (Å²) in [5.41, 5.74) is 2.26. The SMILES string of the molecule is Fc1ccc(CNCC2CC(c3ccc(Cl)cc3)=NO2)c(F)c1. The van der Waals surface area contributed by atoms with Gasteiger partial charge < -0.3 is 10.2 Å². The lowest BCUT2D eigenvalue weighted by Gasteiger charge is -2.10. The number of nitrogens with zero attached hydrogens (tertiary/aromatic N) is 1. The van der Waals surface area contributed by atoms with E-state index in [0.717, 1.165) is 17.3 Å². The van der Waals surface area contributed by atoms with Crippen LogP contribution in [0.25, 0.3) is 0 Å². The number of hydrogen-bond donors (Lipinski definition) is 1. The Bertz CT molecular complexity index is 719. The predicted molar refractivity (Wildman–Crippen MR) is 85.5 cm³/mol. The van der Waals surface area contributed by atoms with E-state index in [0.29, 0.717) is 30.1 Å². The van der Waals surface area contributed by atoms with Gasteiger partial charge in [-0.05, 0) is 23.8 Å². The molecule has 0 fully saturated rings. The van der Waals surface area contributed by atoms with E-state index in [2.05, 4.69) is 10.5 Å². The summed E-state index contributed by atoms with van der Waals surface area (Å²) in [6.45, 7) is 0.833. The van der Waals surface area contributed by atoms with Crippen molar-refractivity contribution in [2.75, 3.05) is 6.54 Å². The van der Waals surface area contributed by atoms with Crippen molar-refractivity contribution >= 4 is 17.3 Å². The highest BCUT2D eigenvalue weighted by Crippen LogP contribution is 2.18. The van der Waals surface area contributed by atoms with Gasteiger partial charge in [-0.15, -0.1) is 0 Å². The average molecular weight is 337 g/mol. The molecule has 6 heteroatoms. The van der Waals surface area contributed by atoms with Crippen molar-refractivity contribution in [3.8, 4) is 0 Å². The molecule has 1 aliphatic rings. The monoisotopic (exact) mass is 336 g/mol. The fourth-order valence-corrected chi connectivity index (χ4v) is 2.51. The van der Waals surface area contributed by atoms with E-state index in [4.69, 9.17) is 16.4 Å². The quantitative estimate of drug-likeness (QED) is 0.898. The first-order chi connectivity index (χ1) is 11.1. The largest absolute Gasteiger partial charge is 0.390 e. The van der Waals surface area contributed by atoms with Crippen LogP contribution in [0.3, 0.4) is 0 Å². The van der Waals surface area contributed by atoms with Crippen molar-refractivity contribution in [3.05, 3.63) is 70.2 Å². The summed E-state index contributed by atoms with van der Waals surface area (Å²) in [6.07, 6.45) is 0.560. The molecule has 1 aliphatic heterocycles. The first-order valence-corrected chi connectivity index (χ1v) is 7.63. The molecule has 1 unspecified atom stereocenters. The predicted octanol–water partition coefficient (Wildman–Crippen LogP) is 3.90. The lowest BCUT2D eigenvalue weighted by Crippen LogP contribution is -2.27.